The zero-order chi connectivity index (χ0) is 8.55. The van der Waals surface area contributed by atoms with Gasteiger partial charge in [0.05, 0.1) is 4.47 Å². The fraction of sp³-hybridized carbons (Fsp3) is 0.250. The highest BCUT2D eigenvalue weighted by Crippen LogP contribution is 2.15. The average molecular weight is 226 g/mol. The van der Waals surface area contributed by atoms with Gasteiger partial charge >= 0.3 is 0 Å². The van der Waals surface area contributed by atoms with E-state index in [4.69, 9.17) is 0 Å². The second-order valence-corrected chi connectivity index (χ2v) is 3.36. The van der Waals surface area contributed by atoms with Crippen LogP contribution in [0.1, 0.15) is 12.7 Å². The Balaban J connectivity index is 2.74. The summed E-state index contributed by atoms with van der Waals surface area (Å²) in [5.74, 6) is 0.877. The molecule has 0 atom stereocenters. The molecule has 0 bridgehead atoms. The monoisotopic (exact) mass is 225 g/mol. The minimum atomic E-state index is 0.869. The Bertz CT molecular complexity index is 408. The number of hydrogen-bond acceptors (Lipinski definition) is 2. The average Bonchev–Trinajstić information content (AvgIpc) is 2.49. The molecule has 0 aliphatic carbocycles. The van der Waals surface area contributed by atoms with Gasteiger partial charge in [-0.05, 0) is 28.1 Å². The molecular weight excluding hydrogens is 218 g/mol. The smallest absolute Gasteiger partial charge is 0.169 e. The lowest BCUT2D eigenvalue weighted by Gasteiger charge is -1.90. The molecule has 2 aromatic rings. The first-order valence-corrected chi connectivity index (χ1v) is 4.60. The first-order valence-electron chi connectivity index (χ1n) is 3.81. The number of fused-ring (bicyclic) bond motifs is 1. The van der Waals surface area contributed by atoms with Gasteiger partial charge in [0.2, 0.25) is 0 Å². The number of pyridine rings is 1. The Hall–Kier alpha value is -0.900. The highest BCUT2D eigenvalue weighted by Gasteiger charge is 2.02. The molecule has 4 heteroatoms. The molecule has 12 heavy (non-hydrogen) atoms. The van der Waals surface area contributed by atoms with Crippen molar-refractivity contribution in [2.45, 2.75) is 13.3 Å². The van der Waals surface area contributed by atoms with Crippen LogP contribution in [0.3, 0.4) is 0 Å². The van der Waals surface area contributed by atoms with Crippen LogP contribution in [0.25, 0.3) is 5.65 Å². The first kappa shape index (κ1) is 7.73. The summed E-state index contributed by atoms with van der Waals surface area (Å²) < 4.78 is 2.76. The van der Waals surface area contributed by atoms with E-state index < -0.39 is 0 Å². The van der Waals surface area contributed by atoms with Gasteiger partial charge in [0.15, 0.2) is 11.5 Å². The van der Waals surface area contributed by atoms with Crippen LogP contribution in [0.2, 0.25) is 0 Å². The number of aromatic nitrogens is 3. The predicted molar refractivity (Wildman–Crippen MR) is 50.1 cm³/mol. The first-order chi connectivity index (χ1) is 5.81. The fourth-order valence-electron chi connectivity index (χ4n) is 1.07. The minimum Gasteiger partial charge on any atom is -0.220 e. The lowest BCUT2D eigenvalue weighted by Crippen LogP contribution is -1.86. The summed E-state index contributed by atoms with van der Waals surface area (Å²) in [4.78, 5) is 4.34. The minimum absolute atomic E-state index is 0.869. The molecule has 0 aromatic carbocycles. The second kappa shape index (κ2) is 2.86. The molecule has 0 unspecified atom stereocenters. The van der Waals surface area contributed by atoms with E-state index in [1.165, 1.54) is 0 Å². The largest absolute Gasteiger partial charge is 0.220 e. The summed E-state index contributed by atoms with van der Waals surface area (Å²) in [6.45, 7) is 2.04. The van der Waals surface area contributed by atoms with Gasteiger partial charge in [-0.25, -0.2) is 9.50 Å². The molecule has 0 fully saturated rings. The van der Waals surface area contributed by atoms with Crippen molar-refractivity contribution >= 4 is 21.6 Å². The topological polar surface area (TPSA) is 30.2 Å². The lowest BCUT2D eigenvalue weighted by molar-refractivity contribution is 0.885. The maximum atomic E-state index is 4.34. The standard InChI is InChI=1S/C8H8BrN3/c1-2-7-10-8-6(9)4-3-5-12(8)11-7/h3-5H,2H2,1H3. The second-order valence-electron chi connectivity index (χ2n) is 2.51. The van der Waals surface area contributed by atoms with Crippen molar-refractivity contribution in [1.82, 2.24) is 14.6 Å². The number of nitrogens with zero attached hydrogens (tertiary/aromatic N) is 3. The molecule has 2 aromatic heterocycles. The van der Waals surface area contributed by atoms with Crippen LogP contribution in [0.4, 0.5) is 0 Å². The molecule has 0 spiro atoms. The summed E-state index contributed by atoms with van der Waals surface area (Å²) in [5, 5.41) is 4.27. The Morgan fingerprint density at radius 2 is 2.42 bits per heavy atom. The zero-order valence-electron chi connectivity index (χ0n) is 6.66. The van der Waals surface area contributed by atoms with Crippen molar-refractivity contribution in [3.63, 3.8) is 0 Å². The van der Waals surface area contributed by atoms with E-state index in [9.17, 15) is 0 Å². The molecule has 0 saturated carbocycles. The molecule has 3 nitrogen and oxygen atoms in total. The maximum absolute atomic E-state index is 4.34. The summed E-state index contributed by atoms with van der Waals surface area (Å²) in [6, 6.07) is 3.90. The lowest BCUT2D eigenvalue weighted by atomic mass is 10.5. The van der Waals surface area contributed by atoms with Crippen LogP contribution < -0.4 is 0 Å². The quantitative estimate of drug-likeness (QED) is 0.744. The SMILES string of the molecule is CCc1nc2c(Br)cccn2n1. The van der Waals surface area contributed by atoms with E-state index in [1.807, 2.05) is 25.3 Å². The van der Waals surface area contributed by atoms with Crippen LogP contribution in [-0.2, 0) is 6.42 Å². The highest BCUT2D eigenvalue weighted by molar-refractivity contribution is 9.10. The van der Waals surface area contributed by atoms with Gasteiger partial charge in [0.1, 0.15) is 0 Å². The number of rotatable bonds is 1. The third-order valence-electron chi connectivity index (χ3n) is 1.67. The van der Waals surface area contributed by atoms with Crippen LogP contribution >= 0.6 is 15.9 Å². The summed E-state index contributed by atoms with van der Waals surface area (Å²) in [6.07, 6.45) is 2.76. The molecule has 0 radical (unpaired) electrons. The van der Waals surface area contributed by atoms with Gasteiger partial charge in [0.25, 0.3) is 0 Å². The Kier molecular flexibility index (Phi) is 1.84. The maximum Gasteiger partial charge on any atom is 0.169 e. The Morgan fingerprint density at radius 1 is 1.58 bits per heavy atom. The third kappa shape index (κ3) is 1.12. The summed E-state index contributed by atoms with van der Waals surface area (Å²) in [5.41, 5.74) is 0.884. The van der Waals surface area contributed by atoms with Crippen molar-refractivity contribution in [2.75, 3.05) is 0 Å². The van der Waals surface area contributed by atoms with E-state index in [-0.39, 0.29) is 0 Å². The third-order valence-corrected chi connectivity index (χ3v) is 2.29. The number of hydrogen-bond donors (Lipinski definition) is 0. The van der Waals surface area contributed by atoms with Gasteiger partial charge in [-0.1, -0.05) is 6.92 Å². The van der Waals surface area contributed by atoms with Crippen molar-refractivity contribution in [1.29, 1.82) is 0 Å². The van der Waals surface area contributed by atoms with Gasteiger partial charge < -0.3 is 0 Å². The van der Waals surface area contributed by atoms with Crippen molar-refractivity contribution in [3.05, 3.63) is 28.6 Å². The normalized spacial score (nSPS) is 10.8. The van der Waals surface area contributed by atoms with Gasteiger partial charge in [0, 0.05) is 12.6 Å². The van der Waals surface area contributed by atoms with Crippen LogP contribution in [0, 0.1) is 0 Å². The van der Waals surface area contributed by atoms with Gasteiger partial charge in [-0.2, -0.15) is 5.10 Å². The molecule has 2 heterocycles. The van der Waals surface area contributed by atoms with Crippen molar-refractivity contribution in [2.24, 2.45) is 0 Å². The van der Waals surface area contributed by atoms with E-state index in [1.54, 1.807) is 4.52 Å². The molecule has 0 amide bonds. The van der Waals surface area contributed by atoms with Crippen LogP contribution in [0.5, 0.6) is 0 Å². The van der Waals surface area contributed by atoms with Gasteiger partial charge in [-0.3, -0.25) is 0 Å². The molecule has 62 valence electrons. The Labute approximate surface area is 78.6 Å². The number of aryl methyl sites for hydroxylation is 1. The van der Waals surface area contributed by atoms with E-state index in [2.05, 4.69) is 26.0 Å². The molecule has 0 N–H and O–H groups in total. The number of halogens is 1. The van der Waals surface area contributed by atoms with Gasteiger partial charge in [-0.15, -0.1) is 0 Å². The predicted octanol–water partition coefficient (Wildman–Crippen LogP) is 2.05. The van der Waals surface area contributed by atoms with E-state index >= 15 is 0 Å². The fourth-order valence-corrected chi connectivity index (χ4v) is 1.49. The zero-order valence-corrected chi connectivity index (χ0v) is 8.24. The van der Waals surface area contributed by atoms with Crippen molar-refractivity contribution < 1.29 is 0 Å². The molecule has 0 aliphatic rings. The van der Waals surface area contributed by atoms with E-state index in [0.717, 1.165) is 22.4 Å². The van der Waals surface area contributed by atoms with Crippen molar-refractivity contribution in [3.8, 4) is 0 Å². The Morgan fingerprint density at radius 3 is 3.08 bits per heavy atom. The van der Waals surface area contributed by atoms with E-state index in [0.29, 0.717) is 0 Å². The molecular formula is C8H8BrN3. The van der Waals surface area contributed by atoms with Crippen LogP contribution in [-0.4, -0.2) is 14.6 Å². The summed E-state index contributed by atoms with van der Waals surface area (Å²) >= 11 is 3.42. The molecule has 0 aliphatic heterocycles. The molecule has 0 saturated heterocycles. The highest BCUT2D eigenvalue weighted by atomic mass is 79.9. The molecule has 2 rings (SSSR count). The van der Waals surface area contributed by atoms with Crippen LogP contribution in [0.15, 0.2) is 22.8 Å². The summed E-state index contributed by atoms with van der Waals surface area (Å²) in [7, 11) is 0.